The maximum absolute atomic E-state index is 12.5. The second kappa shape index (κ2) is 10.1. The number of hydrogen-bond donors (Lipinski definition) is 1. The van der Waals surface area contributed by atoms with Crippen molar-refractivity contribution in [3.05, 3.63) is 77.6 Å². The van der Waals surface area contributed by atoms with E-state index in [2.05, 4.69) is 20.8 Å². The fourth-order valence-electron chi connectivity index (χ4n) is 2.94. The molecule has 0 saturated heterocycles. The van der Waals surface area contributed by atoms with Gasteiger partial charge in [-0.1, -0.05) is 60.7 Å². The van der Waals surface area contributed by atoms with Crippen LogP contribution >= 0.6 is 0 Å². The molecule has 0 aliphatic carbocycles. The van der Waals surface area contributed by atoms with Gasteiger partial charge >= 0.3 is 12.1 Å². The van der Waals surface area contributed by atoms with Crippen LogP contribution in [0.15, 0.2) is 60.7 Å². The van der Waals surface area contributed by atoms with E-state index >= 15 is 0 Å². The minimum Gasteiger partial charge on any atom is -0.467 e. The van der Waals surface area contributed by atoms with Crippen molar-refractivity contribution < 1.29 is 19.1 Å². The van der Waals surface area contributed by atoms with Gasteiger partial charge in [-0.05, 0) is 28.5 Å². The van der Waals surface area contributed by atoms with E-state index < -0.39 is 24.1 Å². The van der Waals surface area contributed by atoms with Gasteiger partial charge in [-0.3, -0.25) is 0 Å². The third kappa shape index (κ3) is 5.40. The highest BCUT2D eigenvalue weighted by Crippen LogP contribution is 2.20. The topological polar surface area (TPSA) is 108 Å². The highest BCUT2D eigenvalue weighted by molar-refractivity contribution is 5.73. The van der Waals surface area contributed by atoms with Crippen LogP contribution in [0.25, 0.3) is 0 Å². The lowest BCUT2D eigenvalue weighted by Gasteiger charge is -2.20. The summed E-state index contributed by atoms with van der Waals surface area (Å²) in [5.74, 6) is -0.165. The number of alkyl carbamates (subject to hydrolysis) is 1. The van der Waals surface area contributed by atoms with Gasteiger partial charge in [0.1, 0.15) is 6.61 Å². The number of carbonyl (C=O) groups excluding carboxylic acids is 2. The van der Waals surface area contributed by atoms with Gasteiger partial charge in [0, 0.05) is 6.42 Å². The number of esters is 1. The molecule has 0 saturated carbocycles. The second-order valence-corrected chi connectivity index (χ2v) is 6.63. The van der Waals surface area contributed by atoms with Crippen LogP contribution in [0.2, 0.25) is 0 Å². The van der Waals surface area contributed by atoms with E-state index in [9.17, 15) is 9.59 Å². The van der Waals surface area contributed by atoms with Crippen molar-refractivity contribution in [1.82, 2.24) is 25.5 Å². The SMILES string of the molecule is COC(=O)[C@H](C)n1nnnc1C(Cc1ccccc1)NC(=O)OCc1ccccc1. The molecule has 9 heteroatoms. The summed E-state index contributed by atoms with van der Waals surface area (Å²) in [4.78, 5) is 24.5. The molecule has 2 atom stereocenters. The van der Waals surface area contributed by atoms with Crippen LogP contribution in [0.4, 0.5) is 4.79 Å². The molecule has 1 heterocycles. The Morgan fingerprint density at radius 2 is 1.67 bits per heavy atom. The maximum Gasteiger partial charge on any atom is 0.408 e. The van der Waals surface area contributed by atoms with E-state index in [1.807, 2.05) is 60.7 Å². The molecular formula is C21H23N5O4. The Labute approximate surface area is 174 Å². The van der Waals surface area contributed by atoms with Crippen molar-refractivity contribution in [3.8, 4) is 0 Å². The molecule has 1 unspecified atom stereocenters. The number of rotatable bonds is 8. The molecule has 1 N–H and O–H groups in total. The molecule has 0 radical (unpaired) electrons. The zero-order chi connectivity index (χ0) is 21.3. The van der Waals surface area contributed by atoms with E-state index in [1.54, 1.807) is 6.92 Å². The van der Waals surface area contributed by atoms with E-state index in [4.69, 9.17) is 9.47 Å². The minimum absolute atomic E-state index is 0.133. The van der Waals surface area contributed by atoms with Crippen LogP contribution in [0.1, 0.15) is 36.0 Å². The van der Waals surface area contributed by atoms with Crippen molar-refractivity contribution in [2.24, 2.45) is 0 Å². The van der Waals surface area contributed by atoms with Crippen molar-refractivity contribution in [2.75, 3.05) is 7.11 Å². The number of tetrazole rings is 1. The van der Waals surface area contributed by atoms with E-state index in [0.717, 1.165) is 11.1 Å². The number of amides is 1. The van der Waals surface area contributed by atoms with E-state index in [1.165, 1.54) is 11.8 Å². The van der Waals surface area contributed by atoms with Gasteiger partial charge in [0.25, 0.3) is 0 Å². The number of benzene rings is 2. The third-order valence-electron chi connectivity index (χ3n) is 4.53. The number of carbonyl (C=O) groups is 2. The molecule has 0 aliphatic heterocycles. The Morgan fingerprint density at radius 1 is 1.03 bits per heavy atom. The molecule has 3 rings (SSSR count). The van der Waals surface area contributed by atoms with Crippen LogP contribution in [0.3, 0.4) is 0 Å². The molecule has 2 aromatic carbocycles. The summed E-state index contributed by atoms with van der Waals surface area (Å²) in [7, 11) is 1.30. The Bertz CT molecular complexity index is 962. The first-order valence-electron chi connectivity index (χ1n) is 9.45. The Hall–Kier alpha value is -3.75. The van der Waals surface area contributed by atoms with Gasteiger partial charge in [0.05, 0.1) is 13.2 Å². The Balaban J connectivity index is 1.78. The van der Waals surface area contributed by atoms with Crippen molar-refractivity contribution in [1.29, 1.82) is 0 Å². The lowest BCUT2D eigenvalue weighted by Crippen LogP contribution is -2.34. The standard InChI is InChI=1S/C21H23N5O4/c1-15(20(27)29-2)26-19(23-24-25-26)18(13-16-9-5-3-6-10-16)22-21(28)30-14-17-11-7-4-8-12-17/h3-12,15,18H,13-14H2,1-2H3,(H,22,28)/t15-,18?/m0/s1. The fourth-order valence-corrected chi connectivity index (χ4v) is 2.94. The number of aromatic nitrogens is 4. The number of hydrogen-bond acceptors (Lipinski definition) is 7. The Kier molecular flexibility index (Phi) is 7.09. The van der Waals surface area contributed by atoms with Crippen LogP contribution in [0, 0.1) is 0 Å². The third-order valence-corrected chi connectivity index (χ3v) is 4.53. The molecule has 0 fully saturated rings. The highest BCUT2D eigenvalue weighted by atomic mass is 16.5. The molecule has 3 aromatic rings. The van der Waals surface area contributed by atoms with Crippen LogP contribution < -0.4 is 5.32 Å². The number of ether oxygens (including phenoxy) is 2. The maximum atomic E-state index is 12.5. The van der Waals surface area contributed by atoms with Gasteiger partial charge in [0.15, 0.2) is 11.9 Å². The second-order valence-electron chi connectivity index (χ2n) is 6.63. The van der Waals surface area contributed by atoms with Crippen molar-refractivity contribution >= 4 is 12.1 Å². The van der Waals surface area contributed by atoms with Crippen molar-refractivity contribution in [2.45, 2.75) is 32.0 Å². The first-order chi connectivity index (χ1) is 14.6. The predicted molar refractivity (Wildman–Crippen MR) is 107 cm³/mol. The van der Waals surface area contributed by atoms with Gasteiger partial charge in [0.2, 0.25) is 0 Å². The summed E-state index contributed by atoms with van der Waals surface area (Å²) >= 11 is 0. The quantitative estimate of drug-likeness (QED) is 0.570. The van der Waals surface area contributed by atoms with Crippen molar-refractivity contribution in [3.63, 3.8) is 0 Å². The largest absolute Gasteiger partial charge is 0.467 e. The first-order valence-corrected chi connectivity index (χ1v) is 9.45. The zero-order valence-electron chi connectivity index (χ0n) is 16.8. The number of nitrogens with zero attached hydrogens (tertiary/aromatic N) is 4. The number of methoxy groups -OCH3 is 1. The Morgan fingerprint density at radius 3 is 2.30 bits per heavy atom. The molecule has 30 heavy (non-hydrogen) atoms. The summed E-state index contributed by atoms with van der Waals surface area (Å²) in [6, 6.07) is 17.6. The summed E-state index contributed by atoms with van der Waals surface area (Å²) in [5, 5.41) is 14.5. The molecule has 0 aliphatic rings. The summed E-state index contributed by atoms with van der Waals surface area (Å²) in [6.45, 7) is 1.76. The predicted octanol–water partition coefficient (Wildman–Crippen LogP) is 2.62. The summed E-state index contributed by atoms with van der Waals surface area (Å²) in [6.07, 6.45) is -0.199. The molecule has 1 amide bonds. The van der Waals surface area contributed by atoms with Gasteiger partial charge < -0.3 is 14.8 Å². The molecule has 9 nitrogen and oxygen atoms in total. The average molecular weight is 409 g/mol. The lowest BCUT2D eigenvalue weighted by molar-refractivity contribution is -0.144. The average Bonchev–Trinajstić information content (AvgIpc) is 3.27. The van der Waals surface area contributed by atoms with Gasteiger partial charge in [-0.15, -0.1) is 5.10 Å². The van der Waals surface area contributed by atoms with Gasteiger partial charge in [-0.2, -0.15) is 0 Å². The zero-order valence-corrected chi connectivity index (χ0v) is 16.8. The minimum atomic E-state index is -0.750. The molecular weight excluding hydrogens is 386 g/mol. The van der Waals surface area contributed by atoms with E-state index in [0.29, 0.717) is 12.2 Å². The summed E-state index contributed by atoms with van der Waals surface area (Å²) in [5.41, 5.74) is 1.84. The lowest BCUT2D eigenvalue weighted by atomic mass is 10.1. The highest BCUT2D eigenvalue weighted by Gasteiger charge is 2.27. The van der Waals surface area contributed by atoms with Crippen LogP contribution in [-0.2, 0) is 27.3 Å². The summed E-state index contributed by atoms with van der Waals surface area (Å²) < 4.78 is 11.5. The van der Waals surface area contributed by atoms with Crippen LogP contribution in [0.5, 0.6) is 0 Å². The first kappa shape index (κ1) is 21.0. The molecule has 1 aromatic heterocycles. The van der Waals surface area contributed by atoms with Crippen LogP contribution in [-0.4, -0.2) is 39.4 Å². The fraction of sp³-hybridized carbons (Fsp3) is 0.286. The smallest absolute Gasteiger partial charge is 0.408 e. The molecule has 0 bridgehead atoms. The number of nitrogens with one attached hydrogen (secondary N) is 1. The molecule has 156 valence electrons. The normalized spacial score (nSPS) is 12.6. The molecule has 0 spiro atoms. The van der Waals surface area contributed by atoms with E-state index in [-0.39, 0.29) is 6.61 Å². The van der Waals surface area contributed by atoms with Gasteiger partial charge in [-0.25, -0.2) is 14.3 Å². The monoisotopic (exact) mass is 409 g/mol.